The van der Waals surface area contributed by atoms with E-state index in [1.165, 1.54) is 0 Å². The van der Waals surface area contributed by atoms with Gasteiger partial charge < -0.3 is 4.74 Å². The molecule has 0 radical (unpaired) electrons. The van der Waals surface area contributed by atoms with E-state index in [0.29, 0.717) is 13.0 Å². The molecule has 0 aromatic carbocycles. The highest BCUT2D eigenvalue weighted by Crippen LogP contribution is 1.93. The molecule has 0 aromatic heterocycles. The summed E-state index contributed by atoms with van der Waals surface area (Å²) in [4.78, 5) is 11.1. The van der Waals surface area contributed by atoms with Gasteiger partial charge in [-0.2, -0.15) is 0 Å². The van der Waals surface area contributed by atoms with Gasteiger partial charge in [-0.05, 0) is 19.3 Å². The topological polar surface area (TPSA) is 26.3 Å². The van der Waals surface area contributed by atoms with Crippen molar-refractivity contribution in [3.8, 4) is 0 Å². The van der Waals surface area contributed by atoms with E-state index < -0.39 is 0 Å². The average Bonchev–Trinajstić information content (AvgIpc) is 2.18. The first-order chi connectivity index (χ1) is 6.81. The molecular weight excluding hydrogens is 176 g/mol. The number of hydrogen-bond acceptors (Lipinski definition) is 2. The standard InChI is InChI=1S/C12H20O2/c1-3-5-7-9-11-14-12(13)10-8-6-4-2/h5-8H,3-4,9-11H2,1-2H3/b7-5-,8-6?. The summed E-state index contributed by atoms with van der Waals surface area (Å²) < 4.78 is 4.99. The van der Waals surface area contributed by atoms with Crippen molar-refractivity contribution >= 4 is 5.97 Å². The highest BCUT2D eigenvalue weighted by atomic mass is 16.5. The van der Waals surface area contributed by atoms with Crippen LogP contribution in [0.2, 0.25) is 0 Å². The second-order valence-corrected chi connectivity index (χ2v) is 2.97. The van der Waals surface area contributed by atoms with Gasteiger partial charge in [-0.15, -0.1) is 0 Å². The number of rotatable bonds is 7. The highest BCUT2D eigenvalue weighted by Gasteiger charge is 1.96. The van der Waals surface area contributed by atoms with Crippen LogP contribution in [0.25, 0.3) is 0 Å². The summed E-state index contributed by atoms with van der Waals surface area (Å²) in [7, 11) is 0. The van der Waals surface area contributed by atoms with E-state index in [1.807, 2.05) is 25.2 Å². The molecule has 0 bridgehead atoms. The summed E-state index contributed by atoms with van der Waals surface area (Å²) >= 11 is 0. The van der Waals surface area contributed by atoms with E-state index in [1.54, 1.807) is 0 Å². The highest BCUT2D eigenvalue weighted by molar-refractivity contribution is 5.71. The maximum absolute atomic E-state index is 11.1. The predicted molar refractivity (Wildman–Crippen MR) is 59.1 cm³/mol. The van der Waals surface area contributed by atoms with Crippen molar-refractivity contribution < 1.29 is 9.53 Å². The predicted octanol–water partition coefficient (Wildman–Crippen LogP) is 3.24. The van der Waals surface area contributed by atoms with Crippen LogP contribution in [0.4, 0.5) is 0 Å². The maximum atomic E-state index is 11.1. The minimum absolute atomic E-state index is 0.139. The zero-order valence-corrected chi connectivity index (χ0v) is 9.16. The molecule has 0 unspecified atom stereocenters. The van der Waals surface area contributed by atoms with Gasteiger partial charge in [0, 0.05) is 0 Å². The first-order valence-electron chi connectivity index (χ1n) is 5.26. The Labute approximate surface area is 86.6 Å². The van der Waals surface area contributed by atoms with Crippen molar-refractivity contribution in [1.29, 1.82) is 0 Å². The van der Waals surface area contributed by atoms with Gasteiger partial charge in [0.2, 0.25) is 0 Å². The third-order valence-electron chi connectivity index (χ3n) is 1.64. The molecule has 0 amide bonds. The first-order valence-corrected chi connectivity index (χ1v) is 5.26. The lowest BCUT2D eigenvalue weighted by Gasteiger charge is -1.99. The van der Waals surface area contributed by atoms with E-state index in [4.69, 9.17) is 4.74 Å². The summed E-state index contributed by atoms with van der Waals surface area (Å²) in [6.45, 7) is 4.62. The molecule has 14 heavy (non-hydrogen) atoms. The Hall–Kier alpha value is -1.05. The van der Waals surface area contributed by atoms with Crippen molar-refractivity contribution in [1.82, 2.24) is 0 Å². The third-order valence-corrected chi connectivity index (χ3v) is 1.64. The molecule has 2 nitrogen and oxygen atoms in total. The molecule has 0 aromatic rings. The van der Waals surface area contributed by atoms with Crippen LogP contribution in [0.3, 0.4) is 0 Å². The van der Waals surface area contributed by atoms with E-state index in [9.17, 15) is 4.79 Å². The Morgan fingerprint density at radius 1 is 1.07 bits per heavy atom. The number of ether oxygens (including phenoxy) is 1. The molecule has 0 aliphatic carbocycles. The lowest BCUT2D eigenvalue weighted by atomic mass is 10.3. The summed E-state index contributed by atoms with van der Waals surface area (Å²) in [5, 5.41) is 0. The number of hydrogen-bond donors (Lipinski definition) is 0. The van der Waals surface area contributed by atoms with Crippen molar-refractivity contribution in [3.05, 3.63) is 24.3 Å². The molecule has 0 atom stereocenters. The Kier molecular flexibility index (Phi) is 9.28. The number of esters is 1. The number of carbonyl (C=O) groups excluding carboxylic acids is 1. The minimum Gasteiger partial charge on any atom is -0.465 e. The molecule has 0 saturated heterocycles. The van der Waals surface area contributed by atoms with Gasteiger partial charge in [0.15, 0.2) is 0 Å². The van der Waals surface area contributed by atoms with Gasteiger partial charge in [0.25, 0.3) is 0 Å². The molecule has 80 valence electrons. The fourth-order valence-electron chi connectivity index (χ4n) is 0.930. The van der Waals surface area contributed by atoms with Crippen LogP contribution in [0.5, 0.6) is 0 Å². The van der Waals surface area contributed by atoms with Crippen LogP contribution >= 0.6 is 0 Å². The second-order valence-electron chi connectivity index (χ2n) is 2.97. The van der Waals surface area contributed by atoms with Crippen LogP contribution in [-0.4, -0.2) is 12.6 Å². The Bertz CT molecular complexity index is 192. The van der Waals surface area contributed by atoms with E-state index in [0.717, 1.165) is 19.3 Å². The first kappa shape index (κ1) is 12.9. The number of allylic oxidation sites excluding steroid dienone is 2. The minimum atomic E-state index is -0.139. The fourth-order valence-corrected chi connectivity index (χ4v) is 0.930. The fraction of sp³-hybridized carbons (Fsp3) is 0.583. The lowest BCUT2D eigenvalue weighted by Crippen LogP contribution is -2.03. The van der Waals surface area contributed by atoms with Crippen LogP contribution in [-0.2, 0) is 9.53 Å². The third kappa shape index (κ3) is 9.04. The van der Waals surface area contributed by atoms with E-state index in [-0.39, 0.29) is 5.97 Å². The normalized spacial score (nSPS) is 11.3. The van der Waals surface area contributed by atoms with Gasteiger partial charge in [0.05, 0.1) is 13.0 Å². The van der Waals surface area contributed by atoms with Crippen LogP contribution in [0, 0.1) is 0 Å². The summed E-state index contributed by atoms with van der Waals surface area (Å²) in [6.07, 6.45) is 11.1. The van der Waals surface area contributed by atoms with Gasteiger partial charge in [-0.3, -0.25) is 4.79 Å². The molecule has 0 heterocycles. The Balaban J connectivity index is 3.35. The van der Waals surface area contributed by atoms with Crippen molar-refractivity contribution in [3.63, 3.8) is 0 Å². The Morgan fingerprint density at radius 2 is 1.71 bits per heavy atom. The van der Waals surface area contributed by atoms with Gasteiger partial charge in [-0.25, -0.2) is 0 Å². The molecule has 0 aliphatic rings. The zero-order valence-electron chi connectivity index (χ0n) is 9.16. The van der Waals surface area contributed by atoms with Gasteiger partial charge >= 0.3 is 5.97 Å². The van der Waals surface area contributed by atoms with Crippen LogP contribution in [0.15, 0.2) is 24.3 Å². The van der Waals surface area contributed by atoms with Crippen molar-refractivity contribution in [2.45, 2.75) is 39.5 Å². The summed E-state index contributed by atoms with van der Waals surface area (Å²) in [5.74, 6) is -0.139. The SMILES string of the molecule is CCC=CCC(=O)OCC/C=C\CC. The molecular formula is C12H20O2. The summed E-state index contributed by atoms with van der Waals surface area (Å²) in [6, 6.07) is 0. The lowest BCUT2D eigenvalue weighted by molar-refractivity contribution is -0.142. The molecule has 0 rings (SSSR count). The van der Waals surface area contributed by atoms with Crippen LogP contribution < -0.4 is 0 Å². The molecule has 2 heteroatoms. The maximum Gasteiger partial charge on any atom is 0.309 e. The molecule has 0 fully saturated rings. The number of carbonyl (C=O) groups is 1. The molecule has 0 saturated carbocycles. The largest absolute Gasteiger partial charge is 0.465 e. The van der Waals surface area contributed by atoms with Crippen molar-refractivity contribution in [2.24, 2.45) is 0 Å². The van der Waals surface area contributed by atoms with E-state index >= 15 is 0 Å². The Morgan fingerprint density at radius 3 is 2.36 bits per heavy atom. The van der Waals surface area contributed by atoms with Crippen molar-refractivity contribution in [2.75, 3.05) is 6.61 Å². The average molecular weight is 196 g/mol. The summed E-state index contributed by atoms with van der Waals surface area (Å²) in [5.41, 5.74) is 0. The monoisotopic (exact) mass is 196 g/mol. The smallest absolute Gasteiger partial charge is 0.309 e. The van der Waals surface area contributed by atoms with Gasteiger partial charge in [-0.1, -0.05) is 38.2 Å². The second kappa shape index (κ2) is 10.0. The molecule has 0 spiro atoms. The molecule has 0 aliphatic heterocycles. The molecule has 0 N–H and O–H groups in total. The quantitative estimate of drug-likeness (QED) is 0.355. The van der Waals surface area contributed by atoms with Gasteiger partial charge in [0.1, 0.15) is 0 Å². The zero-order chi connectivity index (χ0) is 10.6. The van der Waals surface area contributed by atoms with E-state index in [2.05, 4.69) is 13.0 Å². The van der Waals surface area contributed by atoms with Crippen LogP contribution in [0.1, 0.15) is 39.5 Å².